The fourth-order valence-corrected chi connectivity index (χ4v) is 6.83. The third-order valence-electron chi connectivity index (χ3n) is 8.66. The van der Waals surface area contributed by atoms with E-state index in [0.717, 1.165) is 19.3 Å². The van der Waals surface area contributed by atoms with Crippen molar-refractivity contribution in [2.45, 2.75) is 102 Å². The number of unbranched alkanes of at least 4 members (excludes halogenated alkanes) is 1. The molecule has 1 N–H and O–H groups in total. The summed E-state index contributed by atoms with van der Waals surface area (Å²) in [5.41, 5.74) is -2.02. The van der Waals surface area contributed by atoms with Crippen molar-refractivity contribution in [3.63, 3.8) is 0 Å². The van der Waals surface area contributed by atoms with E-state index < -0.39 is 41.1 Å². The van der Waals surface area contributed by atoms with E-state index in [-0.39, 0.29) is 37.0 Å². The minimum Gasteiger partial charge on any atom is -0.465 e. The fourth-order valence-electron chi connectivity index (χ4n) is 6.83. The number of allylic oxidation sites excluding steroid dienone is 1. The van der Waals surface area contributed by atoms with E-state index in [2.05, 4.69) is 20.1 Å². The lowest BCUT2D eigenvalue weighted by Gasteiger charge is -2.42. The highest BCUT2D eigenvalue weighted by molar-refractivity contribution is 5.98. The van der Waals surface area contributed by atoms with Crippen LogP contribution in [0.15, 0.2) is 25.3 Å². The minimum absolute atomic E-state index is 0.0608. The summed E-state index contributed by atoms with van der Waals surface area (Å²) in [6, 6.07) is -1.56. The Bertz CT molecular complexity index is 890. The highest BCUT2D eigenvalue weighted by Gasteiger charge is 2.79. The summed E-state index contributed by atoms with van der Waals surface area (Å²) in [6.07, 6.45) is 7.61. The maximum Gasteiger partial charge on any atom is 0.312 e. The van der Waals surface area contributed by atoms with E-state index in [1.165, 1.54) is 0 Å². The van der Waals surface area contributed by atoms with Gasteiger partial charge >= 0.3 is 5.97 Å². The normalized spacial score (nSPS) is 31.8. The number of hydrogen-bond acceptors (Lipinski definition) is 6. The zero-order valence-corrected chi connectivity index (χ0v) is 23.3. The number of aliphatic hydroxyl groups is 1. The first-order valence-electron chi connectivity index (χ1n) is 13.9. The number of esters is 1. The molecule has 0 aromatic carbocycles. The molecule has 3 saturated heterocycles. The van der Waals surface area contributed by atoms with Gasteiger partial charge in [0.25, 0.3) is 0 Å². The molecule has 0 aromatic rings. The van der Waals surface area contributed by atoms with Crippen LogP contribution in [0.3, 0.4) is 0 Å². The Morgan fingerprint density at radius 1 is 1.27 bits per heavy atom. The molecule has 1 spiro atoms. The Morgan fingerprint density at radius 3 is 2.54 bits per heavy atom. The third-order valence-corrected chi connectivity index (χ3v) is 8.66. The fraction of sp³-hybridized carbons (Fsp3) is 0.759. The predicted octanol–water partition coefficient (Wildman–Crippen LogP) is 3.48. The SMILES string of the molecule is C=CCCCOC(=O)[C@H]1[C@H]2C(=O)N([C@@H](CO)C(C)C)C(C(=O)N(CC=C)C(C)CCC)C23CC[C@]1(C)O3. The monoisotopic (exact) mass is 518 g/mol. The van der Waals surface area contributed by atoms with Gasteiger partial charge in [-0.1, -0.05) is 39.3 Å². The second kappa shape index (κ2) is 11.7. The second-order valence-electron chi connectivity index (χ2n) is 11.5. The van der Waals surface area contributed by atoms with Crippen LogP contribution in [0, 0.1) is 17.8 Å². The molecule has 3 rings (SSSR count). The number of ether oxygens (including phenoxy) is 2. The van der Waals surface area contributed by atoms with Gasteiger partial charge < -0.3 is 24.4 Å². The topological polar surface area (TPSA) is 96.4 Å². The van der Waals surface area contributed by atoms with E-state index >= 15 is 0 Å². The molecule has 0 aromatic heterocycles. The largest absolute Gasteiger partial charge is 0.465 e. The Labute approximate surface area is 222 Å². The number of rotatable bonds is 14. The summed E-state index contributed by atoms with van der Waals surface area (Å²) in [7, 11) is 0. The zero-order valence-electron chi connectivity index (χ0n) is 23.3. The minimum atomic E-state index is -1.14. The van der Waals surface area contributed by atoms with Crippen molar-refractivity contribution < 1.29 is 29.0 Å². The Morgan fingerprint density at radius 2 is 1.97 bits per heavy atom. The van der Waals surface area contributed by atoms with Crippen LogP contribution < -0.4 is 0 Å². The van der Waals surface area contributed by atoms with E-state index in [0.29, 0.717) is 25.8 Å². The summed E-state index contributed by atoms with van der Waals surface area (Å²) < 4.78 is 12.3. The van der Waals surface area contributed by atoms with Gasteiger partial charge in [-0.2, -0.15) is 0 Å². The van der Waals surface area contributed by atoms with E-state index in [9.17, 15) is 19.5 Å². The Balaban J connectivity index is 2.07. The van der Waals surface area contributed by atoms with Gasteiger partial charge in [0, 0.05) is 12.6 Å². The molecule has 0 saturated carbocycles. The van der Waals surface area contributed by atoms with Crippen LogP contribution in [0.5, 0.6) is 0 Å². The highest BCUT2D eigenvalue weighted by atomic mass is 16.6. The Kier molecular flexibility index (Phi) is 9.27. The van der Waals surface area contributed by atoms with Crippen molar-refractivity contribution in [3.05, 3.63) is 25.3 Å². The van der Waals surface area contributed by atoms with Crippen LogP contribution in [0.2, 0.25) is 0 Å². The van der Waals surface area contributed by atoms with Crippen LogP contribution in [-0.4, -0.2) is 81.8 Å². The molecule has 3 aliphatic heterocycles. The van der Waals surface area contributed by atoms with E-state index in [1.54, 1.807) is 22.0 Å². The van der Waals surface area contributed by atoms with Crippen molar-refractivity contribution in [3.8, 4) is 0 Å². The predicted molar refractivity (Wildman–Crippen MR) is 141 cm³/mol. The first-order chi connectivity index (χ1) is 17.5. The van der Waals surface area contributed by atoms with Crippen molar-refractivity contribution in [2.24, 2.45) is 17.8 Å². The van der Waals surface area contributed by atoms with E-state index in [1.807, 2.05) is 27.7 Å². The summed E-state index contributed by atoms with van der Waals surface area (Å²) in [4.78, 5) is 45.4. The smallest absolute Gasteiger partial charge is 0.312 e. The molecule has 3 heterocycles. The molecular weight excluding hydrogens is 472 g/mol. The average Bonchev–Trinajstić information content (AvgIpc) is 3.41. The highest BCUT2D eigenvalue weighted by Crippen LogP contribution is 2.64. The molecule has 3 aliphatic rings. The number of fused-ring (bicyclic) bond motifs is 1. The third kappa shape index (κ3) is 4.99. The molecule has 208 valence electrons. The van der Waals surface area contributed by atoms with Crippen LogP contribution in [-0.2, 0) is 23.9 Å². The van der Waals surface area contributed by atoms with Gasteiger partial charge in [0.05, 0.1) is 30.8 Å². The summed E-state index contributed by atoms with van der Waals surface area (Å²) in [5.74, 6) is -2.69. The van der Waals surface area contributed by atoms with Gasteiger partial charge in [0.15, 0.2) is 0 Å². The van der Waals surface area contributed by atoms with Crippen molar-refractivity contribution in [2.75, 3.05) is 19.8 Å². The number of nitrogens with zero attached hydrogens (tertiary/aromatic N) is 2. The molecule has 0 aliphatic carbocycles. The molecule has 37 heavy (non-hydrogen) atoms. The lowest BCUT2D eigenvalue weighted by molar-refractivity contribution is -0.163. The lowest BCUT2D eigenvalue weighted by Crippen LogP contribution is -2.60. The first-order valence-corrected chi connectivity index (χ1v) is 13.9. The average molecular weight is 519 g/mol. The quantitative estimate of drug-likeness (QED) is 0.215. The lowest BCUT2D eigenvalue weighted by atomic mass is 9.66. The van der Waals surface area contributed by atoms with Crippen molar-refractivity contribution >= 4 is 17.8 Å². The van der Waals surface area contributed by atoms with Gasteiger partial charge in [-0.3, -0.25) is 14.4 Å². The van der Waals surface area contributed by atoms with Crippen molar-refractivity contribution in [1.82, 2.24) is 9.80 Å². The second-order valence-corrected chi connectivity index (χ2v) is 11.5. The van der Waals surface area contributed by atoms with E-state index in [4.69, 9.17) is 9.47 Å². The molecule has 8 nitrogen and oxygen atoms in total. The van der Waals surface area contributed by atoms with Crippen LogP contribution in [0.25, 0.3) is 0 Å². The number of carbonyl (C=O) groups is 3. The standard InChI is InChI=1S/C29H46N2O6/c1-8-11-12-17-36-27(35)23-22-25(33)31(21(18-32)19(4)5)24(29(22)15-14-28(23,7)37-29)26(34)30(16-10-3)20(6)13-9-2/h8,10,19-24,32H,1,3,9,11-18H2,2,4-7H3/t20?,21-,22-,23+,24?,28-,29?/m0/s1. The molecule has 3 unspecified atom stereocenters. The molecule has 2 amide bonds. The number of aliphatic hydroxyl groups excluding tert-OH is 1. The summed E-state index contributed by atoms with van der Waals surface area (Å²) >= 11 is 0. The van der Waals surface area contributed by atoms with Crippen LogP contribution in [0.4, 0.5) is 0 Å². The molecular formula is C29H46N2O6. The molecule has 8 heteroatoms. The summed E-state index contributed by atoms with van der Waals surface area (Å²) in [5, 5.41) is 10.4. The van der Waals surface area contributed by atoms with Gasteiger partial charge in [0.2, 0.25) is 11.8 Å². The maximum absolute atomic E-state index is 14.4. The number of likely N-dealkylation sites (tertiary alicyclic amines) is 1. The molecule has 7 atom stereocenters. The molecule has 3 fully saturated rings. The van der Waals surface area contributed by atoms with Gasteiger partial charge in [0.1, 0.15) is 17.6 Å². The number of hydrogen-bond donors (Lipinski definition) is 1. The zero-order chi connectivity index (χ0) is 27.5. The first kappa shape index (κ1) is 29.4. The van der Waals surface area contributed by atoms with Gasteiger partial charge in [-0.25, -0.2) is 0 Å². The number of amides is 2. The molecule has 0 radical (unpaired) electrons. The Hall–Kier alpha value is -2.19. The molecule has 2 bridgehead atoms. The van der Waals surface area contributed by atoms with Gasteiger partial charge in [-0.15, -0.1) is 13.2 Å². The van der Waals surface area contributed by atoms with Crippen LogP contribution in [0.1, 0.15) is 73.1 Å². The van der Waals surface area contributed by atoms with Crippen LogP contribution >= 0.6 is 0 Å². The number of carbonyl (C=O) groups excluding carboxylic acids is 3. The van der Waals surface area contributed by atoms with Gasteiger partial charge in [-0.05, 0) is 51.9 Å². The maximum atomic E-state index is 14.4. The summed E-state index contributed by atoms with van der Waals surface area (Å²) in [6.45, 7) is 17.6. The van der Waals surface area contributed by atoms with Crippen molar-refractivity contribution in [1.29, 1.82) is 0 Å².